The van der Waals surface area contributed by atoms with Gasteiger partial charge in [-0.15, -0.1) is 0 Å². The minimum atomic E-state index is 0.714. The lowest BCUT2D eigenvalue weighted by molar-refractivity contribution is -0.701. The van der Waals surface area contributed by atoms with Crippen LogP contribution in [0.3, 0.4) is 0 Å². The molecule has 0 aromatic carbocycles. The van der Waals surface area contributed by atoms with Crippen molar-refractivity contribution in [2.75, 3.05) is 6.61 Å². The summed E-state index contributed by atoms with van der Waals surface area (Å²) in [7, 11) is 0. The van der Waals surface area contributed by atoms with Crippen molar-refractivity contribution in [1.82, 2.24) is 4.73 Å². The molecule has 0 aliphatic carbocycles. The number of imidazole rings is 1. The zero-order valence-electron chi connectivity index (χ0n) is 8.08. The van der Waals surface area contributed by atoms with Crippen LogP contribution >= 0.6 is 0 Å². The van der Waals surface area contributed by atoms with Crippen molar-refractivity contribution in [2.24, 2.45) is 0 Å². The van der Waals surface area contributed by atoms with Gasteiger partial charge < -0.3 is 4.84 Å². The first-order valence-corrected chi connectivity index (χ1v) is 4.56. The quantitative estimate of drug-likeness (QED) is 0.610. The van der Waals surface area contributed by atoms with Crippen molar-refractivity contribution < 1.29 is 9.40 Å². The highest BCUT2D eigenvalue weighted by atomic mass is 16.7. The number of hydrogen-bond donors (Lipinski definition) is 0. The van der Waals surface area contributed by atoms with Crippen LogP contribution in [0, 0.1) is 0 Å². The van der Waals surface area contributed by atoms with Gasteiger partial charge in [-0.3, -0.25) is 0 Å². The smallest absolute Gasteiger partial charge is 0.296 e. The summed E-state index contributed by atoms with van der Waals surface area (Å²) in [4.78, 5) is 5.41. The molecule has 0 saturated heterocycles. The molecule has 0 atom stereocenters. The van der Waals surface area contributed by atoms with Crippen molar-refractivity contribution in [3.8, 4) is 0 Å². The molecule has 0 N–H and O–H groups in total. The average molecular weight is 169 g/mol. The predicted molar refractivity (Wildman–Crippen MR) is 46.8 cm³/mol. The predicted octanol–water partition coefficient (Wildman–Crippen LogP) is 0.806. The van der Waals surface area contributed by atoms with Crippen molar-refractivity contribution in [1.29, 1.82) is 0 Å². The van der Waals surface area contributed by atoms with Gasteiger partial charge in [0.15, 0.2) is 6.20 Å². The first-order valence-electron chi connectivity index (χ1n) is 4.56. The Kier molecular flexibility index (Phi) is 3.14. The molecule has 0 aliphatic heterocycles. The van der Waals surface area contributed by atoms with E-state index in [0.717, 1.165) is 13.0 Å². The highest BCUT2D eigenvalue weighted by molar-refractivity contribution is 4.79. The normalized spacial score (nSPS) is 10.2. The molecule has 0 unspecified atom stereocenters. The lowest BCUT2D eigenvalue weighted by atomic mass is 10.4. The van der Waals surface area contributed by atoms with Crippen LogP contribution in [0.4, 0.5) is 0 Å². The maximum Gasteiger partial charge on any atom is 0.296 e. The molecule has 1 heterocycles. The summed E-state index contributed by atoms with van der Waals surface area (Å²) in [5, 5.41) is 0. The second-order valence-corrected chi connectivity index (χ2v) is 2.60. The number of aryl methyl sites for hydroxylation is 1. The fourth-order valence-electron chi connectivity index (χ4n) is 1.34. The largest absolute Gasteiger partial charge is 0.336 e. The first kappa shape index (κ1) is 9.10. The molecule has 68 valence electrons. The summed E-state index contributed by atoms with van der Waals surface area (Å²) in [6.45, 7) is 7.98. The lowest BCUT2D eigenvalue weighted by Crippen LogP contribution is -2.36. The van der Waals surface area contributed by atoms with Crippen molar-refractivity contribution in [3.63, 3.8) is 0 Å². The Morgan fingerprint density at radius 3 is 2.67 bits per heavy atom. The van der Waals surface area contributed by atoms with Gasteiger partial charge in [0.25, 0.3) is 5.82 Å². The second-order valence-electron chi connectivity index (χ2n) is 2.60. The zero-order chi connectivity index (χ0) is 8.97. The van der Waals surface area contributed by atoms with Crippen molar-refractivity contribution in [2.45, 2.75) is 33.7 Å². The van der Waals surface area contributed by atoms with Gasteiger partial charge >= 0.3 is 0 Å². The number of aromatic nitrogens is 2. The maximum atomic E-state index is 5.41. The summed E-state index contributed by atoms with van der Waals surface area (Å²) in [5.74, 6) is 1.22. The Morgan fingerprint density at radius 1 is 1.42 bits per heavy atom. The third-order valence-corrected chi connectivity index (χ3v) is 1.89. The van der Waals surface area contributed by atoms with Crippen LogP contribution in [0.2, 0.25) is 0 Å². The van der Waals surface area contributed by atoms with E-state index in [1.807, 2.05) is 17.9 Å². The van der Waals surface area contributed by atoms with E-state index in [4.69, 9.17) is 4.84 Å². The molecule has 0 fully saturated rings. The molecule has 1 aromatic heterocycles. The van der Waals surface area contributed by atoms with Gasteiger partial charge in [0.1, 0.15) is 12.8 Å². The molecular formula is C9H17N2O+. The second kappa shape index (κ2) is 4.14. The van der Waals surface area contributed by atoms with Crippen LogP contribution in [0.1, 0.15) is 26.6 Å². The van der Waals surface area contributed by atoms with E-state index in [9.17, 15) is 0 Å². The number of hydrogen-bond acceptors (Lipinski definition) is 1. The molecule has 0 amide bonds. The Bertz CT molecular complexity index is 243. The zero-order valence-corrected chi connectivity index (χ0v) is 8.08. The third kappa shape index (κ3) is 1.60. The van der Waals surface area contributed by atoms with E-state index in [0.29, 0.717) is 6.61 Å². The minimum Gasteiger partial charge on any atom is -0.336 e. The molecule has 0 saturated carbocycles. The van der Waals surface area contributed by atoms with Gasteiger partial charge in [0.2, 0.25) is 0 Å². The van der Waals surface area contributed by atoms with E-state index in [1.165, 1.54) is 5.82 Å². The average Bonchev–Trinajstić information content (AvgIpc) is 2.47. The van der Waals surface area contributed by atoms with E-state index in [1.54, 1.807) is 0 Å². The molecule has 1 rings (SSSR count). The minimum absolute atomic E-state index is 0.714. The SMILES string of the molecule is CCOn1cc[n+](CC)c1CC. The van der Waals surface area contributed by atoms with E-state index in [-0.39, 0.29) is 0 Å². The summed E-state index contributed by atoms with van der Waals surface area (Å²) >= 11 is 0. The highest BCUT2D eigenvalue weighted by Gasteiger charge is 2.13. The number of rotatable bonds is 4. The Balaban J connectivity index is 2.88. The van der Waals surface area contributed by atoms with Crippen LogP contribution in [0.5, 0.6) is 0 Å². The fourth-order valence-corrected chi connectivity index (χ4v) is 1.34. The summed E-state index contributed by atoms with van der Waals surface area (Å²) in [5.41, 5.74) is 0. The maximum absolute atomic E-state index is 5.41. The summed E-state index contributed by atoms with van der Waals surface area (Å²) in [6.07, 6.45) is 5.02. The topological polar surface area (TPSA) is 18.0 Å². The molecule has 0 radical (unpaired) electrons. The van der Waals surface area contributed by atoms with Crippen LogP contribution in [-0.4, -0.2) is 11.3 Å². The summed E-state index contributed by atoms with van der Waals surface area (Å²) < 4.78 is 4.04. The van der Waals surface area contributed by atoms with Crippen LogP contribution in [0.15, 0.2) is 12.4 Å². The molecule has 0 bridgehead atoms. The summed E-state index contributed by atoms with van der Waals surface area (Å²) in [6, 6.07) is 0. The fraction of sp³-hybridized carbons (Fsp3) is 0.667. The Hall–Kier alpha value is -0.990. The van der Waals surface area contributed by atoms with Gasteiger partial charge in [0, 0.05) is 0 Å². The third-order valence-electron chi connectivity index (χ3n) is 1.89. The molecule has 1 aromatic rings. The first-order chi connectivity index (χ1) is 5.83. The Labute approximate surface area is 73.5 Å². The lowest BCUT2D eigenvalue weighted by Gasteiger charge is -1.99. The van der Waals surface area contributed by atoms with Crippen molar-refractivity contribution >= 4 is 0 Å². The van der Waals surface area contributed by atoms with Crippen LogP contribution < -0.4 is 9.40 Å². The van der Waals surface area contributed by atoms with E-state index < -0.39 is 0 Å². The Morgan fingerprint density at radius 2 is 2.17 bits per heavy atom. The van der Waals surface area contributed by atoms with Crippen molar-refractivity contribution in [3.05, 3.63) is 18.2 Å². The van der Waals surface area contributed by atoms with Crippen LogP contribution in [-0.2, 0) is 13.0 Å². The van der Waals surface area contributed by atoms with E-state index in [2.05, 4.69) is 24.6 Å². The molecule has 0 aliphatic rings. The molecule has 12 heavy (non-hydrogen) atoms. The highest BCUT2D eigenvalue weighted by Crippen LogP contribution is 1.93. The van der Waals surface area contributed by atoms with Gasteiger partial charge in [0.05, 0.1) is 13.0 Å². The molecular weight excluding hydrogens is 152 g/mol. The van der Waals surface area contributed by atoms with Gasteiger partial charge in [-0.25, -0.2) is 4.57 Å². The number of nitrogens with zero attached hydrogens (tertiary/aromatic N) is 2. The molecule has 0 spiro atoms. The van der Waals surface area contributed by atoms with E-state index >= 15 is 0 Å². The monoisotopic (exact) mass is 169 g/mol. The molecule has 3 nitrogen and oxygen atoms in total. The standard InChI is InChI=1S/C9H17N2O/c1-4-9-10(5-2)7-8-11(9)12-6-3/h7-8H,4-6H2,1-3H3/q+1. The van der Waals surface area contributed by atoms with Crippen LogP contribution in [0.25, 0.3) is 0 Å². The van der Waals surface area contributed by atoms with Gasteiger partial charge in [-0.1, -0.05) is 6.92 Å². The van der Waals surface area contributed by atoms with Gasteiger partial charge in [-0.05, 0) is 18.6 Å². The molecule has 3 heteroatoms. The van der Waals surface area contributed by atoms with Gasteiger partial charge in [-0.2, -0.15) is 0 Å².